The minimum atomic E-state index is 0.351. The van der Waals surface area contributed by atoms with E-state index in [1.807, 2.05) is 13.0 Å². The van der Waals surface area contributed by atoms with Crippen molar-refractivity contribution in [1.29, 1.82) is 0 Å². The maximum Gasteiger partial charge on any atom is 0.279 e. The molecule has 0 spiro atoms. The standard InChI is InChI=1S/C20H26ClN3O/c1-15-14-24(25)20(11-19(15)21)23-18-9-7-17(8-10-18)13-22-12-16-5-3-2-4-6-16/h2-6,11,14,17-18,22-23H,7-10,12-13H2,1H3. The number of hydrogen-bond donors (Lipinski definition) is 2. The number of halogens is 1. The Morgan fingerprint density at radius 2 is 1.88 bits per heavy atom. The van der Waals surface area contributed by atoms with Crippen LogP contribution in [0.3, 0.4) is 0 Å². The predicted octanol–water partition coefficient (Wildman–Crippen LogP) is 4.04. The molecule has 0 saturated heterocycles. The van der Waals surface area contributed by atoms with Crippen molar-refractivity contribution < 1.29 is 4.73 Å². The second kappa shape index (κ2) is 8.54. The van der Waals surface area contributed by atoms with Crippen LogP contribution in [0.5, 0.6) is 0 Å². The lowest BCUT2D eigenvalue weighted by Gasteiger charge is -2.27. The molecule has 1 aromatic carbocycles. The van der Waals surface area contributed by atoms with Gasteiger partial charge in [-0.2, -0.15) is 0 Å². The first-order valence-corrected chi connectivity index (χ1v) is 9.40. The fourth-order valence-electron chi connectivity index (χ4n) is 3.45. The third kappa shape index (κ3) is 5.10. The Morgan fingerprint density at radius 1 is 1.16 bits per heavy atom. The van der Waals surface area contributed by atoms with Crippen molar-refractivity contribution in [1.82, 2.24) is 5.32 Å². The van der Waals surface area contributed by atoms with Crippen molar-refractivity contribution in [2.24, 2.45) is 5.92 Å². The summed E-state index contributed by atoms with van der Waals surface area (Å²) in [7, 11) is 0. The monoisotopic (exact) mass is 359 g/mol. The van der Waals surface area contributed by atoms with Gasteiger partial charge in [-0.1, -0.05) is 41.9 Å². The molecule has 4 nitrogen and oxygen atoms in total. The number of nitrogens with one attached hydrogen (secondary N) is 2. The number of benzene rings is 1. The summed E-state index contributed by atoms with van der Waals surface area (Å²) >= 11 is 6.13. The van der Waals surface area contributed by atoms with E-state index in [1.54, 1.807) is 6.07 Å². The quantitative estimate of drug-likeness (QED) is 0.604. The minimum absolute atomic E-state index is 0.351. The van der Waals surface area contributed by atoms with Crippen molar-refractivity contribution in [2.45, 2.75) is 45.2 Å². The number of rotatable bonds is 6. The Morgan fingerprint density at radius 3 is 2.60 bits per heavy atom. The summed E-state index contributed by atoms with van der Waals surface area (Å²) in [6.07, 6.45) is 6.06. The van der Waals surface area contributed by atoms with Crippen molar-refractivity contribution in [3.63, 3.8) is 0 Å². The Labute approximate surface area is 154 Å². The highest BCUT2D eigenvalue weighted by Crippen LogP contribution is 2.26. The second-order valence-electron chi connectivity index (χ2n) is 6.99. The van der Waals surface area contributed by atoms with Gasteiger partial charge in [-0.05, 0) is 50.6 Å². The molecule has 134 valence electrons. The molecule has 0 bridgehead atoms. The Bertz CT molecular complexity index is 685. The third-order valence-electron chi connectivity index (χ3n) is 4.99. The average molecular weight is 360 g/mol. The zero-order valence-electron chi connectivity index (χ0n) is 14.7. The molecule has 1 fully saturated rings. The molecule has 25 heavy (non-hydrogen) atoms. The SMILES string of the molecule is Cc1c[n+]([O-])c(NC2CCC(CNCc3ccccc3)CC2)cc1Cl. The molecule has 1 heterocycles. The summed E-state index contributed by atoms with van der Waals surface area (Å²) in [5.74, 6) is 1.27. The lowest BCUT2D eigenvalue weighted by Crippen LogP contribution is -2.37. The molecule has 1 aromatic heterocycles. The normalized spacial score (nSPS) is 20.4. The highest BCUT2D eigenvalue weighted by atomic mass is 35.5. The van der Waals surface area contributed by atoms with E-state index in [-0.39, 0.29) is 0 Å². The van der Waals surface area contributed by atoms with Gasteiger partial charge in [-0.3, -0.25) is 5.32 Å². The van der Waals surface area contributed by atoms with E-state index < -0.39 is 0 Å². The van der Waals surface area contributed by atoms with Crippen molar-refractivity contribution in [3.05, 3.63) is 64.0 Å². The molecule has 1 aliphatic rings. The van der Waals surface area contributed by atoms with Crippen molar-refractivity contribution in [3.8, 4) is 0 Å². The lowest BCUT2D eigenvalue weighted by molar-refractivity contribution is -0.590. The van der Waals surface area contributed by atoms with Crippen LogP contribution < -0.4 is 15.4 Å². The highest BCUT2D eigenvalue weighted by Gasteiger charge is 2.24. The Balaban J connectivity index is 1.42. The first-order valence-electron chi connectivity index (χ1n) is 9.02. The van der Waals surface area contributed by atoms with Gasteiger partial charge in [-0.25, -0.2) is 4.73 Å². The van der Waals surface area contributed by atoms with Gasteiger partial charge in [0, 0.05) is 18.2 Å². The van der Waals surface area contributed by atoms with Gasteiger partial charge in [0.2, 0.25) is 0 Å². The Kier molecular flexibility index (Phi) is 6.16. The van der Waals surface area contributed by atoms with Crippen LogP contribution >= 0.6 is 11.6 Å². The van der Waals surface area contributed by atoms with E-state index in [9.17, 15) is 5.21 Å². The molecular formula is C20H26ClN3O. The summed E-state index contributed by atoms with van der Waals surface area (Å²) in [5, 5.41) is 19.6. The predicted molar refractivity (Wildman–Crippen MR) is 103 cm³/mol. The number of nitrogens with zero attached hydrogens (tertiary/aromatic N) is 1. The number of aryl methyl sites for hydroxylation is 1. The van der Waals surface area contributed by atoms with Gasteiger partial charge in [0.15, 0.2) is 0 Å². The van der Waals surface area contributed by atoms with Gasteiger partial charge in [0.25, 0.3) is 5.82 Å². The topological polar surface area (TPSA) is 51.0 Å². The van der Waals surface area contributed by atoms with E-state index in [0.717, 1.165) is 36.2 Å². The second-order valence-corrected chi connectivity index (χ2v) is 7.40. The van der Waals surface area contributed by atoms with Crippen LogP contribution in [0.25, 0.3) is 0 Å². The Hall–Kier alpha value is -1.78. The van der Waals surface area contributed by atoms with Crippen molar-refractivity contribution in [2.75, 3.05) is 11.9 Å². The van der Waals surface area contributed by atoms with Gasteiger partial charge in [0.1, 0.15) is 0 Å². The molecule has 1 saturated carbocycles. The molecule has 0 amide bonds. The van der Waals surface area contributed by atoms with Crippen LogP contribution in [0.4, 0.5) is 5.82 Å². The van der Waals surface area contributed by atoms with E-state index in [4.69, 9.17) is 11.6 Å². The zero-order valence-corrected chi connectivity index (χ0v) is 15.4. The van der Waals surface area contributed by atoms with Crippen LogP contribution in [0.15, 0.2) is 42.6 Å². The average Bonchev–Trinajstić information content (AvgIpc) is 2.62. The molecule has 0 atom stereocenters. The fraction of sp³-hybridized carbons (Fsp3) is 0.450. The van der Waals surface area contributed by atoms with E-state index in [2.05, 4.69) is 34.9 Å². The first-order chi connectivity index (χ1) is 12.1. The summed E-state index contributed by atoms with van der Waals surface area (Å²) in [4.78, 5) is 0. The molecule has 2 aromatic rings. The van der Waals surface area contributed by atoms with Crippen LogP contribution in [0.1, 0.15) is 36.8 Å². The first kappa shape index (κ1) is 18.0. The smallest absolute Gasteiger partial charge is 0.279 e. The van der Waals surface area contributed by atoms with Gasteiger partial charge in [0.05, 0.1) is 17.3 Å². The molecule has 5 heteroatoms. The molecule has 3 rings (SSSR count). The zero-order chi connectivity index (χ0) is 17.6. The number of aromatic nitrogens is 1. The van der Waals surface area contributed by atoms with E-state index in [0.29, 0.717) is 22.8 Å². The van der Waals surface area contributed by atoms with E-state index in [1.165, 1.54) is 24.6 Å². The van der Waals surface area contributed by atoms with E-state index >= 15 is 0 Å². The molecule has 1 aliphatic carbocycles. The summed E-state index contributed by atoms with van der Waals surface area (Å²) < 4.78 is 0.884. The minimum Gasteiger partial charge on any atom is -0.711 e. The van der Waals surface area contributed by atoms with Crippen LogP contribution in [-0.4, -0.2) is 12.6 Å². The van der Waals surface area contributed by atoms with Crippen molar-refractivity contribution >= 4 is 17.4 Å². The van der Waals surface area contributed by atoms with Gasteiger partial charge < -0.3 is 10.5 Å². The fourth-order valence-corrected chi connectivity index (χ4v) is 3.60. The van der Waals surface area contributed by atoms with Crippen LogP contribution in [-0.2, 0) is 6.54 Å². The van der Waals surface area contributed by atoms with Crippen LogP contribution in [0, 0.1) is 18.0 Å². The molecule has 0 aliphatic heterocycles. The molecule has 0 radical (unpaired) electrons. The summed E-state index contributed by atoms with van der Waals surface area (Å²) in [6, 6.07) is 12.6. The summed E-state index contributed by atoms with van der Waals surface area (Å²) in [5.41, 5.74) is 2.13. The number of hydrogen-bond acceptors (Lipinski definition) is 3. The van der Waals surface area contributed by atoms with Crippen LogP contribution in [0.2, 0.25) is 5.02 Å². The third-order valence-corrected chi connectivity index (χ3v) is 5.40. The molecular weight excluding hydrogens is 334 g/mol. The van der Waals surface area contributed by atoms with Gasteiger partial charge >= 0.3 is 0 Å². The number of pyridine rings is 1. The summed E-state index contributed by atoms with van der Waals surface area (Å²) in [6.45, 7) is 3.82. The maximum absolute atomic E-state index is 12.0. The lowest BCUT2D eigenvalue weighted by atomic mass is 9.86. The number of anilines is 1. The molecule has 0 unspecified atom stereocenters. The maximum atomic E-state index is 12.0. The molecule has 2 N–H and O–H groups in total. The van der Waals surface area contributed by atoms with Gasteiger partial charge in [-0.15, -0.1) is 0 Å². The largest absolute Gasteiger partial charge is 0.711 e. The highest BCUT2D eigenvalue weighted by molar-refractivity contribution is 6.31.